The van der Waals surface area contributed by atoms with Crippen molar-refractivity contribution in [3.63, 3.8) is 0 Å². The van der Waals surface area contributed by atoms with Gasteiger partial charge in [0.25, 0.3) is 0 Å². The van der Waals surface area contributed by atoms with Crippen molar-refractivity contribution in [2.24, 2.45) is 0 Å². The van der Waals surface area contributed by atoms with Gasteiger partial charge in [0.1, 0.15) is 5.58 Å². The Hall–Kier alpha value is -1.32. The number of rotatable bonds is 3. The second-order valence-corrected chi connectivity index (χ2v) is 5.20. The Morgan fingerprint density at radius 3 is 2.89 bits per heavy atom. The van der Waals surface area contributed by atoms with E-state index in [2.05, 4.69) is 45.5 Å². The van der Waals surface area contributed by atoms with Crippen LogP contribution < -0.4 is 5.32 Å². The molecule has 92 valence electrons. The van der Waals surface area contributed by atoms with Crippen LogP contribution in [0.3, 0.4) is 0 Å². The minimum absolute atomic E-state index is 0.944. The molecule has 18 heavy (non-hydrogen) atoms. The molecule has 0 aliphatic carbocycles. The summed E-state index contributed by atoms with van der Waals surface area (Å²) in [6, 6.07) is 10.6. The fraction of sp³-hybridized carbons (Fsp3) is 0.200. The fourth-order valence-corrected chi connectivity index (χ4v) is 2.95. The maximum absolute atomic E-state index is 5.71. The van der Waals surface area contributed by atoms with Crippen molar-refractivity contribution in [3.8, 4) is 0 Å². The van der Waals surface area contributed by atoms with Gasteiger partial charge in [-0.2, -0.15) is 0 Å². The van der Waals surface area contributed by atoms with Gasteiger partial charge in [0.05, 0.1) is 10.7 Å². The number of nitrogens with one attached hydrogen (secondary N) is 1. The lowest BCUT2D eigenvalue weighted by Crippen LogP contribution is -2.09. The standard InChI is InChI=1S/C15H14BrNO/c1-17-7-6-11-9-18-15-13(11)8-10-4-2-3-5-12(10)14(15)16/h2-5,8-9,17H,6-7H2,1H3. The van der Waals surface area contributed by atoms with Crippen LogP contribution >= 0.6 is 15.9 Å². The molecule has 0 fully saturated rings. The molecule has 0 unspecified atom stereocenters. The minimum atomic E-state index is 0.944. The van der Waals surface area contributed by atoms with Crippen LogP contribution in [0.5, 0.6) is 0 Å². The van der Waals surface area contributed by atoms with E-state index in [9.17, 15) is 0 Å². The lowest BCUT2D eigenvalue weighted by molar-refractivity contribution is 0.607. The molecule has 1 heterocycles. The summed E-state index contributed by atoms with van der Waals surface area (Å²) in [5, 5.41) is 6.81. The van der Waals surface area contributed by atoms with E-state index in [1.54, 1.807) is 0 Å². The Labute approximate surface area is 114 Å². The molecule has 0 atom stereocenters. The summed E-state index contributed by atoms with van der Waals surface area (Å²) >= 11 is 3.65. The maximum Gasteiger partial charge on any atom is 0.148 e. The highest BCUT2D eigenvalue weighted by Gasteiger charge is 2.11. The zero-order valence-electron chi connectivity index (χ0n) is 10.2. The van der Waals surface area contributed by atoms with Crippen molar-refractivity contribution < 1.29 is 4.42 Å². The highest BCUT2D eigenvalue weighted by atomic mass is 79.9. The van der Waals surface area contributed by atoms with Crippen molar-refractivity contribution >= 4 is 37.7 Å². The average Bonchev–Trinajstić information content (AvgIpc) is 2.80. The molecule has 0 spiro atoms. The highest BCUT2D eigenvalue weighted by Crippen LogP contribution is 2.35. The number of likely N-dealkylation sites (N-methyl/N-ethyl adjacent to an activating group) is 1. The Morgan fingerprint density at radius 2 is 2.06 bits per heavy atom. The smallest absolute Gasteiger partial charge is 0.148 e. The molecule has 3 rings (SSSR count). The summed E-state index contributed by atoms with van der Waals surface area (Å²) in [7, 11) is 1.97. The van der Waals surface area contributed by atoms with Gasteiger partial charge in [0.2, 0.25) is 0 Å². The molecule has 0 saturated heterocycles. The van der Waals surface area contributed by atoms with E-state index in [0.29, 0.717) is 0 Å². The van der Waals surface area contributed by atoms with E-state index < -0.39 is 0 Å². The van der Waals surface area contributed by atoms with Crippen LogP contribution in [-0.2, 0) is 6.42 Å². The molecule has 0 amide bonds. The summed E-state index contributed by atoms with van der Waals surface area (Å²) in [6.45, 7) is 0.957. The molecule has 3 heteroatoms. The van der Waals surface area contributed by atoms with Gasteiger partial charge in [-0.3, -0.25) is 0 Å². The average molecular weight is 304 g/mol. The van der Waals surface area contributed by atoms with Gasteiger partial charge < -0.3 is 9.73 Å². The van der Waals surface area contributed by atoms with Gasteiger partial charge in [-0.25, -0.2) is 0 Å². The second kappa shape index (κ2) is 4.75. The number of hydrogen-bond acceptors (Lipinski definition) is 2. The van der Waals surface area contributed by atoms with E-state index in [4.69, 9.17) is 4.42 Å². The van der Waals surface area contributed by atoms with Crippen LogP contribution in [0, 0.1) is 0 Å². The normalized spacial score (nSPS) is 11.4. The van der Waals surface area contributed by atoms with Crippen LogP contribution in [0.25, 0.3) is 21.7 Å². The zero-order valence-corrected chi connectivity index (χ0v) is 11.8. The van der Waals surface area contributed by atoms with Crippen LogP contribution in [-0.4, -0.2) is 13.6 Å². The van der Waals surface area contributed by atoms with Crippen molar-refractivity contribution in [1.82, 2.24) is 5.32 Å². The first-order chi connectivity index (χ1) is 8.81. The Bertz CT molecular complexity index is 702. The van der Waals surface area contributed by atoms with Crippen LogP contribution in [0.4, 0.5) is 0 Å². The molecule has 0 aliphatic rings. The third-order valence-electron chi connectivity index (χ3n) is 3.25. The fourth-order valence-electron chi connectivity index (χ4n) is 2.28. The summed E-state index contributed by atoms with van der Waals surface area (Å²) in [4.78, 5) is 0. The Kier molecular flexibility index (Phi) is 3.10. The molecule has 1 aromatic heterocycles. The molecule has 0 saturated carbocycles. The molecular weight excluding hydrogens is 290 g/mol. The van der Waals surface area contributed by atoms with Crippen LogP contribution in [0.15, 0.2) is 45.5 Å². The summed E-state index contributed by atoms with van der Waals surface area (Å²) in [5.41, 5.74) is 2.20. The van der Waals surface area contributed by atoms with Crippen LogP contribution in [0.1, 0.15) is 5.56 Å². The first-order valence-electron chi connectivity index (χ1n) is 6.03. The molecule has 1 N–H and O–H groups in total. The predicted molar refractivity (Wildman–Crippen MR) is 79.1 cm³/mol. The monoisotopic (exact) mass is 303 g/mol. The second-order valence-electron chi connectivity index (χ2n) is 4.40. The third kappa shape index (κ3) is 1.84. The number of halogens is 1. The number of fused-ring (bicyclic) bond motifs is 2. The van der Waals surface area contributed by atoms with Crippen molar-refractivity contribution in [2.45, 2.75) is 6.42 Å². The van der Waals surface area contributed by atoms with E-state index >= 15 is 0 Å². The maximum atomic E-state index is 5.71. The molecule has 0 bridgehead atoms. The van der Waals surface area contributed by atoms with Crippen molar-refractivity contribution in [2.75, 3.05) is 13.6 Å². The molecule has 2 aromatic carbocycles. The quantitative estimate of drug-likeness (QED) is 0.787. The minimum Gasteiger partial charge on any atom is -0.463 e. The van der Waals surface area contributed by atoms with Gasteiger partial charge in [0.15, 0.2) is 0 Å². The van der Waals surface area contributed by atoms with Crippen molar-refractivity contribution in [1.29, 1.82) is 0 Å². The highest BCUT2D eigenvalue weighted by molar-refractivity contribution is 9.10. The van der Waals surface area contributed by atoms with Crippen molar-refractivity contribution in [3.05, 3.63) is 46.6 Å². The van der Waals surface area contributed by atoms with E-state index in [1.807, 2.05) is 19.4 Å². The first kappa shape index (κ1) is 11.8. The molecule has 3 aromatic rings. The van der Waals surface area contributed by atoms with Gasteiger partial charge in [-0.05, 0) is 58.3 Å². The van der Waals surface area contributed by atoms with Crippen LogP contribution in [0.2, 0.25) is 0 Å². The van der Waals surface area contributed by atoms with Gasteiger partial charge in [-0.1, -0.05) is 24.3 Å². The van der Waals surface area contributed by atoms with Gasteiger partial charge in [-0.15, -0.1) is 0 Å². The summed E-state index contributed by atoms with van der Waals surface area (Å²) in [6.07, 6.45) is 2.85. The Morgan fingerprint density at radius 1 is 1.22 bits per heavy atom. The Balaban J connectivity index is 2.26. The predicted octanol–water partition coefficient (Wildman–Crippen LogP) is 4.11. The SMILES string of the molecule is CNCCc1coc2c(Br)c3ccccc3cc12. The zero-order chi connectivity index (χ0) is 12.5. The summed E-state index contributed by atoms with van der Waals surface area (Å²) < 4.78 is 6.76. The first-order valence-corrected chi connectivity index (χ1v) is 6.82. The molecular formula is C15H14BrNO. The topological polar surface area (TPSA) is 25.2 Å². The lowest BCUT2D eigenvalue weighted by Gasteiger charge is -2.03. The molecule has 0 aliphatic heterocycles. The van der Waals surface area contributed by atoms with E-state index in [0.717, 1.165) is 23.0 Å². The number of hydrogen-bond donors (Lipinski definition) is 1. The van der Waals surface area contributed by atoms with E-state index in [-0.39, 0.29) is 0 Å². The third-order valence-corrected chi connectivity index (χ3v) is 4.04. The molecule has 2 nitrogen and oxygen atoms in total. The number of benzene rings is 2. The largest absolute Gasteiger partial charge is 0.463 e. The van der Waals surface area contributed by atoms with Gasteiger partial charge >= 0.3 is 0 Å². The van der Waals surface area contributed by atoms with E-state index in [1.165, 1.54) is 21.7 Å². The number of furan rings is 1. The summed E-state index contributed by atoms with van der Waals surface area (Å²) in [5.74, 6) is 0. The lowest BCUT2D eigenvalue weighted by atomic mass is 10.0. The molecule has 0 radical (unpaired) electrons. The van der Waals surface area contributed by atoms with Gasteiger partial charge in [0, 0.05) is 5.39 Å².